The van der Waals surface area contributed by atoms with E-state index in [2.05, 4.69) is 10.6 Å². The van der Waals surface area contributed by atoms with Gasteiger partial charge in [0.2, 0.25) is 0 Å². The zero-order chi connectivity index (χ0) is 19.1. The van der Waals surface area contributed by atoms with Crippen molar-refractivity contribution < 1.29 is 9.66 Å². The van der Waals surface area contributed by atoms with Crippen molar-refractivity contribution in [2.45, 2.75) is 6.61 Å². The molecule has 136 valence electrons. The van der Waals surface area contributed by atoms with Gasteiger partial charge in [-0.3, -0.25) is 10.1 Å². The first-order valence-corrected chi connectivity index (χ1v) is 8.60. The minimum Gasteiger partial charge on any atom is -0.489 e. The molecule has 0 saturated heterocycles. The van der Waals surface area contributed by atoms with Crippen molar-refractivity contribution in [3.05, 3.63) is 94.5 Å². The Bertz CT molecular complexity index is 913. The highest BCUT2D eigenvalue weighted by Crippen LogP contribution is 2.18. The first kappa shape index (κ1) is 18.3. The summed E-state index contributed by atoms with van der Waals surface area (Å²) in [5, 5.41) is 17.1. The molecule has 0 saturated carbocycles. The quantitative estimate of drug-likeness (QED) is 0.357. The highest BCUT2D eigenvalue weighted by Gasteiger charge is 2.05. The molecule has 0 bridgehead atoms. The SMILES string of the molecule is O=[N+]([O-])c1ccc(NC(=S)Nc2ccc(OCc3ccccc3)cc2)cc1. The Morgan fingerprint density at radius 3 is 2.00 bits per heavy atom. The Labute approximate surface area is 162 Å². The fraction of sp³-hybridized carbons (Fsp3) is 0.0500. The summed E-state index contributed by atoms with van der Waals surface area (Å²) >= 11 is 5.26. The van der Waals surface area contributed by atoms with Crippen molar-refractivity contribution in [2.24, 2.45) is 0 Å². The van der Waals surface area contributed by atoms with Gasteiger partial charge in [0.05, 0.1) is 4.92 Å². The molecule has 0 unspecified atom stereocenters. The maximum absolute atomic E-state index is 10.7. The van der Waals surface area contributed by atoms with Crippen LogP contribution in [0.3, 0.4) is 0 Å². The van der Waals surface area contributed by atoms with E-state index >= 15 is 0 Å². The van der Waals surface area contributed by atoms with E-state index in [1.165, 1.54) is 12.1 Å². The highest BCUT2D eigenvalue weighted by atomic mass is 32.1. The third kappa shape index (κ3) is 5.52. The molecule has 3 aromatic rings. The monoisotopic (exact) mass is 379 g/mol. The molecule has 7 heteroatoms. The topological polar surface area (TPSA) is 76.4 Å². The second-order valence-electron chi connectivity index (χ2n) is 5.68. The zero-order valence-electron chi connectivity index (χ0n) is 14.3. The van der Waals surface area contributed by atoms with E-state index in [4.69, 9.17) is 17.0 Å². The number of nitrogens with zero attached hydrogens (tertiary/aromatic N) is 1. The summed E-state index contributed by atoms with van der Waals surface area (Å²) in [6.45, 7) is 0.508. The van der Waals surface area contributed by atoms with Crippen LogP contribution in [0.15, 0.2) is 78.9 Å². The number of nitro groups is 1. The van der Waals surface area contributed by atoms with Crippen LogP contribution in [0.2, 0.25) is 0 Å². The summed E-state index contributed by atoms with van der Waals surface area (Å²) in [4.78, 5) is 10.2. The van der Waals surface area contributed by atoms with Crippen molar-refractivity contribution in [3.63, 3.8) is 0 Å². The molecule has 0 amide bonds. The van der Waals surface area contributed by atoms with Gasteiger partial charge in [-0.05, 0) is 54.2 Å². The second-order valence-corrected chi connectivity index (χ2v) is 6.09. The minimum absolute atomic E-state index is 0.0329. The fourth-order valence-electron chi connectivity index (χ4n) is 2.34. The molecule has 0 radical (unpaired) electrons. The first-order chi connectivity index (χ1) is 13.1. The molecule has 0 aliphatic carbocycles. The third-order valence-electron chi connectivity index (χ3n) is 3.70. The molecule has 0 aromatic heterocycles. The summed E-state index contributed by atoms with van der Waals surface area (Å²) in [5.41, 5.74) is 2.61. The molecule has 0 atom stereocenters. The van der Waals surface area contributed by atoms with Gasteiger partial charge in [0.25, 0.3) is 5.69 Å². The normalized spacial score (nSPS) is 10.1. The van der Waals surface area contributed by atoms with Gasteiger partial charge in [0.15, 0.2) is 5.11 Å². The molecule has 0 aliphatic heterocycles. The summed E-state index contributed by atoms with van der Waals surface area (Å²) in [6, 6.07) is 23.4. The lowest BCUT2D eigenvalue weighted by atomic mass is 10.2. The van der Waals surface area contributed by atoms with Crippen molar-refractivity contribution in [2.75, 3.05) is 10.6 Å². The van der Waals surface area contributed by atoms with Gasteiger partial charge in [-0.2, -0.15) is 0 Å². The molecular formula is C20H17N3O3S. The van der Waals surface area contributed by atoms with E-state index in [0.717, 1.165) is 17.0 Å². The Hall–Kier alpha value is -3.45. The maximum Gasteiger partial charge on any atom is 0.269 e. The average Bonchev–Trinajstić information content (AvgIpc) is 2.68. The lowest BCUT2D eigenvalue weighted by Gasteiger charge is -2.11. The van der Waals surface area contributed by atoms with E-state index in [-0.39, 0.29) is 5.69 Å². The van der Waals surface area contributed by atoms with Crippen molar-refractivity contribution in [3.8, 4) is 5.75 Å². The zero-order valence-corrected chi connectivity index (χ0v) is 15.1. The molecule has 6 nitrogen and oxygen atoms in total. The molecule has 2 N–H and O–H groups in total. The number of rotatable bonds is 6. The van der Waals surface area contributed by atoms with Gasteiger partial charge >= 0.3 is 0 Å². The van der Waals surface area contributed by atoms with Gasteiger partial charge < -0.3 is 15.4 Å². The second kappa shape index (κ2) is 8.77. The van der Waals surface area contributed by atoms with Crippen LogP contribution in [0.4, 0.5) is 17.1 Å². The molecule has 0 spiro atoms. The Morgan fingerprint density at radius 2 is 1.44 bits per heavy atom. The van der Waals surface area contributed by atoms with Crippen LogP contribution in [0, 0.1) is 10.1 Å². The summed E-state index contributed by atoms with van der Waals surface area (Å²) in [6.07, 6.45) is 0. The average molecular weight is 379 g/mol. The predicted molar refractivity (Wildman–Crippen MR) is 110 cm³/mol. The number of anilines is 2. The predicted octanol–water partition coefficient (Wildman–Crippen LogP) is 4.98. The number of nitro benzene ring substituents is 1. The van der Waals surface area contributed by atoms with Gasteiger partial charge in [-0.25, -0.2) is 0 Å². The lowest BCUT2D eigenvalue weighted by molar-refractivity contribution is -0.384. The summed E-state index contributed by atoms with van der Waals surface area (Å²) in [5.74, 6) is 0.763. The minimum atomic E-state index is -0.443. The van der Waals surface area contributed by atoms with Gasteiger partial charge in [0.1, 0.15) is 12.4 Å². The highest BCUT2D eigenvalue weighted by molar-refractivity contribution is 7.80. The van der Waals surface area contributed by atoms with Crippen molar-refractivity contribution in [1.29, 1.82) is 0 Å². The fourth-order valence-corrected chi connectivity index (χ4v) is 2.57. The van der Waals surface area contributed by atoms with Crippen LogP contribution in [-0.4, -0.2) is 10.0 Å². The molecule has 3 rings (SSSR count). The van der Waals surface area contributed by atoms with Gasteiger partial charge in [0, 0.05) is 23.5 Å². The number of hydrogen-bond acceptors (Lipinski definition) is 4. The van der Waals surface area contributed by atoms with Crippen LogP contribution >= 0.6 is 12.2 Å². The van der Waals surface area contributed by atoms with E-state index < -0.39 is 4.92 Å². The first-order valence-electron chi connectivity index (χ1n) is 8.19. The molecule has 0 fully saturated rings. The Morgan fingerprint density at radius 1 is 0.889 bits per heavy atom. The molecule has 27 heavy (non-hydrogen) atoms. The largest absolute Gasteiger partial charge is 0.489 e. The number of non-ortho nitro benzene ring substituents is 1. The Balaban J connectivity index is 1.51. The number of ether oxygens (including phenoxy) is 1. The van der Waals surface area contributed by atoms with Crippen LogP contribution in [0.25, 0.3) is 0 Å². The maximum atomic E-state index is 10.7. The van der Waals surface area contributed by atoms with E-state index in [9.17, 15) is 10.1 Å². The van der Waals surface area contributed by atoms with Crippen LogP contribution in [0.5, 0.6) is 5.75 Å². The Kier molecular flexibility index (Phi) is 5.96. The standard InChI is InChI=1S/C20H17N3O3S/c24-23(25)18-10-6-16(7-11-18)21-20(27)22-17-8-12-19(13-9-17)26-14-15-4-2-1-3-5-15/h1-13H,14H2,(H2,21,22,27). The van der Waals surface area contributed by atoms with Crippen LogP contribution in [0.1, 0.15) is 5.56 Å². The molecular weight excluding hydrogens is 362 g/mol. The van der Waals surface area contributed by atoms with Crippen LogP contribution < -0.4 is 15.4 Å². The molecule has 3 aromatic carbocycles. The van der Waals surface area contributed by atoms with Crippen molar-refractivity contribution >= 4 is 34.4 Å². The van der Waals surface area contributed by atoms with Crippen LogP contribution in [-0.2, 0) is 6.61 Å². The number of hydrogen-bond donors (Lipinski definition) is 2. The van der Waals surface area contributed by atoms with Gasteiger partial charge in [-0.15, -0.1) is 0 Å². The molecule has 0 heterocycles. The third-order valence-corrected chi connectivity index (χ3v) is 3.90. The number of thiocarbonyl (C=S) groups is 1. The number of nitrogens with one attached hydrogen (secondary N) is 2. The van der Waals surface area contributed by atoms with Gasteiger partial charge in [-0.1, -0.05) is 30.3 Å². The number of benzene rings is 3. The summed E-state index contributed by atoms with van der Waals surface area (Å²) < 4.78 is 5.75. The van der Waals surface area contributed by atoms with E-state index in [1.807, 2.05) is 54.6 Å². The van der Waals surface area contributed by atoms with Crippen molar-refractivity contribution in [1.82, 2.24) is 0 Å². The van der Waals surface area contributed by atoms with E-state index in [1.54, 1.807) is 12.1 Å². The lowest BCUT2D eigenvalue weighted by Crippen LogP contribution is -2.18. The smallest absolute Gasteiger partial charge is 0.269 e. The van der Waals surface area contributed by atoms with E-state index in [0.29, 0.717) is 17.4 Å². The summed E-state index contributed by atoms with van der Waals surface area (Å²) in [7, 11) is 0. The molecule has 0 aliphatic rings.